The van der Waals surface area contributed by atoms with Gasteiger partial charge in [-0.25, -0.2) is 0 Å². The van der Waals surface area contributed by atoms with Crippen molar-refractivity contribution in [2.45, 2.75) is 221 Å². The second-order valence-corrected chi connectivity index (χ2v) is 22.8. The molecule has 0 unspecified atom stereocenters. The summed E-state index contributed by atoms with van der Waals surface area (Å²) >= 11 is 0. The Kier molecular flexibility index (Phi) is 18.4. The van der Waals surface area contributed by atoms with Gasteiger partial charge >= 0.3 is 0 Å². The lowest BCUT2D eigenvalue weighted by molar-refractivity contribution is 0.00748. The molecule has 0 radical (unpaired) electrons. The fourth-order valence-electron chi connectivity index (χ4n) is 12.3. The van der Waals surface area contributed by atoms with Crippen LogP contribution >= 0.6 is 0 Å². The van der Waals surface area contributed by atoms with Crippen LogP contribution in [0.2, 0.25) is 0 Å². The molecule has 6 nitrogen and oxygen atoms in total. The van der Waals surface area contributed by atoms with Gasteiger partial charge in [-0.15, -0.1) is 0 Å². The van der Waals surface area contributed by atoms with Gasteiger partial charge in [0.2, 0.25) is 0 Å². The third-order valence-electron chi connectivity index (χ3n) is 16.2. The van der Waals surface area contributed by atoms with Crippen LogP contribution in [-0.4, -0.2) is 31.6 Å². The molecule has 69 heavy (non-hydrogen) atoms. The molecule has 8 rings (SSSR count). The van der Waals surface area contributed by atoms with Gasteiger partial charge in [0.05, 0.1) is 0 Å². The molecule has 3 aliphatic carbocycles. The molecular weight excluding hydrogens is 853 g/mol. The summed E-state index contributed by atoms with van der Waals surface area (Å²) in [6.45, 7) is 28.1. The number of fused-ring (bicyclic) bond motifs is 6. The molecule has 2 aliphatic heterocycles. The first-order valence-electron chi connectivity index (χ1n) is 27.1. The van der Waals surface area contributed by atoms with Crippen LogP contribution in [0.4, 0.5) is 0 Å². The Morgan fingerprint density at radius 3 is 1.51 bits per heavy atom. The molecule has 0 saturated heterocycles. The maximum absolute atomic E-state index is 10.7. The number of phenolic OH excluding ortho intramolecular Hbond substituents is 4. The van der Waals surface area contributed by atoms with Crippen molar-refractivity contribution < 1.29 is 29.9 Å². The first kappa shape index (κ1) is 53.8. The number of phenols is 4. The van der Waals surface area contributed by atoms with E-state index in [0.717, 1.165) is 98.0 Å². The van der Waals surface area contributed by atoms with E-state index in [1.54, 1.807) is 0 Å². The minimum Gasteiger partial charge on any atom is -0.508 e. The molecule has 6 atom stereocenters. The smallest absolute Gasteiger partial charge is 0.127 e. The lowest BCUT2D eigenvalue weighted by Gasteiger charge is -2.47. The maximum Gasteiger partial charge on any atom is 0.127 e. The molecule has 0 saturated carbocycles. The van der Waals surface area contributed by atoms with E-state index in [1.807, 2.05) is 31.2 Å². The monoisotopic (exact) mass is 943 g/mol. The summed E-state index contributed by atoms with van der Waals surface area (Å²) in [5, 5.41) is 42.5. The fourth-order valence-corrected chi connectivity index (χ4v) is 12.3. The number of hydrogen-bond acceptors (Lipinski definition) is 6. The molecule has 3 aromatic rings. The van der Waals surface area contributed by atoms with Crippen LogP contribution in [0.15, 0.2) is 83.5 Å². The lowest BCUT2D eigenvalue weighted by atomic mass is 9.67. The second kappa shape index (κ2) is 23.6. The zero-order chi connectivity index (χ0) is 50.2. The molecule has 0 spiro atoms. The third-order valence-corrected chi connectivity index (χ3v) is 16.2. The number of allylic oxidation sites excluding steroid dienone is 7. The van der Waals surface area contributed by atoms with E-state index in [9.17, 15) is 20.4 Å². The van der Waals surface area contributed by atoms with Gasteiger partial charge < -0.3 is 29.9 Å². The Hall–Kier alpha value is -4.58. The van der Waals surface area contributed by atoms with Crippen molar-refractivity contribution >= 4 is 0 Å². The van der Waals surface area contributed by atoms with Crippen molar-refractivity contribution in [2.75, 3.05) is 0 Å². The van der Waals surface area contributed by atoms with Crippen molar-refractivity contribution in [2.24, 2.45) is 17.8 Å². The van der Waals surface area contributed by atoms with Gasteiger partial charge in [0.1, 0.15) is 45.7 Å². The summed E-state index contributed by atoms with van der Waals surface area (Å²) in [5.74, 6) is 4.96. The van der Waals surface area contributed by atoms with Crippen molar-refractivity contribution in [1.29, 1.82) is 0 Å². The summed E-state index contributed by atoms with van der Waals surface area (Å²) in [5.41, 5.74) is 11.1. The Morgan fingerprint density at radius 2 is 1.00 bits per heavy atom. The standard InChI is InChI=1S/3C21H30O2/c2*1-5-6-7-8-15-12-18(22)20-16-11-14(2)9-10-17(16)21(3,4)23-19(20)13-15;1-5-6-7-8-16-12-19(22)21(20(23)13-16)18-11-15(4)9-10-17(18)14(2)3/h11-13,16-17,22H,5-10H2,1-4H3;9,12-13,16-17,22H,5-8,10-11H2,1-4H3;11-13,17-18,22-23H,2,5-10H2,1,3-4H3/t2*16-,17-;17-,18+/m110/s1. The van der Waals surface area contributed by atoms with Gasteiger partial charge in [-0.3, -0.25) is 0 Å². The summed E-state index contributed by atoms with van der Waals surface area (Å²) in [6, 6.07) is 11.9. The molecule has 6 heteroatoms. The van der Waals surface area contributed by atoms with Gasteiger partial charge in [-0.05, 0) is 191 Å². The molecule has 3 aromatic carbocycles. The van der Waals surface area contributed by atoms with Gasteiger partial charge in [0.25, 0.3) is 0 Å². The van der Waals surface area contributed by atoms with Gasteiger partial charge in [-0.1, -0.05) is 106 Å². The minimum atomic E-state index is -0.177. The Bertz CT molecular complexity index is 2310. The molecule has 0 amide bonds. The van der Waals surface area contributed by atoms with Gasteiger partial charge in [0.15, 0.2) is 0 Å². The zero-order valence-corrected chi connectivity index (χ0v) is 44.7. The van der Waals surface area contributed by atoms with Crippen LogP contribution < -0.4 is 9.47 Å². The van der Waals surface area contributed by atoms with Crippen LogP contribution in [-0.2, 0) is 19.3 Å². The quantitative estimate of drug-likeness (QED) is 0.0949. The Labute approximate surface area is 418 Å². The molecule has 0 bridgehead atoms. The number of ether oxygens (including phenoxy) is 2. The number of aromatic hydroxyl groups is 4. The van der Waals surface area contributed by atoms with Crippen molar-refractivity contribution in [3.8, 4) is 34.5 Å². The minimum absolute atomic E-state index is 0.0194. The first-order valence-corrected chi connectivity index (χ1v) is 27.1. The highest BCUT2D eigenvalue weighted by Gasteiger charge is 2.47. The van der Waals surface area contributed by atoms with E-state index in [1.165, 1.54) is 79.2 Å². The van der Waals surface area contributed by atoms with E-state index in [4.69, 9.17) is 9.47 Å². The van der Waals surface area contributed by atoms with E-state index in [2.05, 4.69) is 106 Å². The molecule has 0 fully saturated rings. The molecule has 5 aliphatic rings. The highest BCUT2D eigenvalue weighted by molar-refractivity contribution is 5.55. The fraction of sp³-hybridized carbons (Fsp3) is 0.587. The molecule has 4 N–H and O–H groups in total. The number of benzene rings is 3. The largest absolute Gasteiger partial charge is 0.508 e. The average Bonchev–Trinajstić information content (AvgIpc) is 3.26. The number of rotatable bonds is 14. The molecule has 0 aromatic heterocycles. The molecular formula is C63H90O6. The van der Waals surface area contributed by atoms with E-state index < -0.39 is 0 Å². The normalized spacial score (nSPS) is 23.8. The van der Waals surface area contributed by atoms with E-state index in [-0.39, 0.29) is 40.5 Å². The van der Waals surface area contributed by atoms with Crippen LogP contribution in [0.5, 0.6) is 34.5 Å². The highest BCUT2D eigenvalue weighted by atomic mass is 16.5. The van der Waals surface area contributed by atoms with Gasteiger partial charge in [0, 0.05) is 46.3 Å². The first-order chi connectivity index (χ1) is 32.8. The summed E-state index contributed by atoms with van der Waals surface area (Å²) in [4.78, 5) is 0. The predicted molar refractivity (Wildman–Crippen MR) is 288 cm³/mol. The van der Waals surface area contributed by atoms with Crippen molar-refractivity contribution in [3.63, 3.8) is 0 Å². The van der Waals surface area contributed by atoms with E-state index >= 15 is 0 Å². The number of aryl methyl sites for hydroxylation is 3. The van der Waals surface area contributed by atoms with Crippen LogP contribution in [0.1, 0.15) is 224 Å². The number of hydrogen-bond donors (Lipinski definition) is 4. The molecule has 378 valence electrons. The predicted octanol–water partition coefficient (Wildman–Crippen LogP) is 17.3. The molecule has 2 heterocycles. The lowest BCUT2D eigenvalue weighted by Crippen LogP contribution is -2.45. The number of unbranched alkanes of at least 4 members (excludes halogenated alkanes) is 6. The zero-order valence-electron chi connectivity index (χ0n) is 44.7. The topological polar surface area (TPSA) is 99.4 Å². The summed E-state index contributed by atoms with van der Waals surface area (Å²) in [7, 11) is 0. The van der Waals surface area contributed by atoms with E-state index in [0.29, 0.717) is 34.8 Å². The van der Waals surface area contributed by atoms with Crippen molar-refractivity contribution in [1.82, 2.24) is 0 Å². The Balaban J connectivity index is 0.000000170. The average molecular weight is 943 g/mol. The second-order valence-electron chi connectivity index (χ2n) is 22.8. The Morgan fingerprint density at radius 1 is 0.565 bits per heavy atom. The third kappa shape index (κ3) is 13.0. The maximum atomic E-state index is 10.7. The van der Waals surface area contributed by atoms with Crippen molar-refractivity contribution in [3.05, 3.63) is 117 Å². The SMILES string of the molecule is C=C(C)[C@@H]1CCC(C)=C[C@H]1c1c(O)cc(CCCCC)cc1O.CCCCCc1cc(O)c2c(c1)OC(C)(C)[C@@H]1CC=C(C)C[C@@H]21.CCCCCc1cc(O)c2c(c1)OC(C)(C)[C@@H]1CCC(C)=C[C@@H]21. The summed E-state index contributed by atoms with van der Waals surface area (Å²) in [6.07, 6.45) is 26.9. The summed E-state index contributed by atoms with van der Waals surface area (Å²) < 4.78 is 12.7. The van der Waals surface area contributed by atoms with Crippen LogP contribution in [0.3, 0.4) is 0 Å². The van der Waals surface area contributed by atoms with Crippen LogP contribution in [0.25, 0.3) is 0 Å². The van der Waals surface area contributed by atoms with Gasteiger partial charge in [-0.2, -0.15) is 0 Å². The highest BCUT2D eigenvalue weighted by Crippen LogP contribution is 2.56. The van der Waals surface area contributed by atoms with Crippen LogP contribution in [0, 0.1) is 17.8 Å².